The second-order valence-electron chi connectivity index (χ2n) is 5.75. The minimum Gasteiger partial charge on any atom is -0.307 e. The summed E-state index contributed by atoms with van der Waals surface area (Å²) in [6, 6.07) is 19.4. The number of nitrogens with one attached hydrogen (secondary N) is 1. The van der Waals surface area contributed by atoms with Crippen LogP contribution < -0.4 is 5.32 Å². The summed E-state index contributed by atoms with van der Waals surface area (Å²) in [7, 11) is 0. The molecule has 0 aliphatic carbocycles. The van der Waals surface area contributed by atoms with Crippen LogP contribution in [0.4, 0.5) is 5.69 Å². The van der Waals surface area contributed by atoms with Crippen molar-refractivity contribution < 1.29 is 4.92 Å². The van der Waals surface area contributed by atoms with E-state index in [1.54, 1.807) is 12.1 Å². The number of rotatable bonds is 3. The Morgan fingerprint density at radius 3 is 2.21 bits per heavy atom. The summed E-state index contributed by atoms with van der Waals surface area (Å²) >= 11 is 0. The van der Waals surface area contributed by atoms with Crippen LogP contribution in [0.25, 0.3) is 0 Å². The van der Waals surface area contributed by atoms with Crippen LogP contribution in [0.15, 0.2) is 54.6 Å². The summed E-state index contributed by atoms with van der Waals surface area (Å²) in [5.41, 5.74) is 0.341. The molecule has 6 nitrogen and oxygen atoms in total. The molecule has 0 amide bonds. The zero-order valence-corrected chi connectivity index (χ0v) is 12.7. The molecule has 0 saturated carbocycles. The molecule has 1 aliphatic heterocycles. The van der Waals surface area contributed by atoms with Gasteiger partial charge in [-0.2, -0.15) is 10.5 Å². The van der Waals surface area contributed by atoms with Crippen molar-refractivity contribution in [1.82, 2.24) is 5.32 Å². The van der Waals surface area contributed by atoms with E-state index in [4.69, 9.17) is 0 Å². The fourth-order valence-corrected chi connectivity index (χ4v) is 3.30. The fourth-order valence-electron chi connectivity index (χ4n) is 3.30. The molecular weight excluding hydrogens is 304 g/mol. The van der Waals surface area contributed by atoms with E-state index in [-0.39, 0.29) is 11.6 Å². The molecule has 2 unspecified atom stereocenters. The Labute approximate surface area is 139 Å². The Morgan fingerprint density at radius 1 is 1.04 bits per heavy atom. The van der Waals surface area contributed by atoms with Crippen LogP contribution >= 0.6 is 0 Å². The average Bonchev–Trinajstić information content (AvgIpc) is 3.02. The largest absolute Gasteiger partial charge is 0.307 e. The molecule has 1 N–H and O–H groups in total. The second-order valence-corrected chi connectivity index (χ2v) is 5.75. The number of hydrogen-bond donors (Lipinski definition) is 1. The van der Waals surface area contributed by atoms with Crippen LogP contribution in [-0.2, 0) is 0 Å². The Kier molecular flexibility index (Phi) is 3.99. The molecule has 0 bridgehead atoms. The molecule has 1 aliphatic rings. The maximum Gasteiger partial charge on any atom is 0.269 e. The zero-order chi connectivity index (χ0) is 17.2. The summed E-state index contributed by atoms with van der Waals surface area (Å²) in [5.74, 6) is -0.270. The summed E-state index contributed by atoms with van der Waals surface area (Å²) in [6.07, 6.45) is 0. The van der Waals surface area contributed by atoms with E-state index in [1.165, 1.54) is 12.1 Å². The molecule has 1 saturated heterocycles. The van der Waals surface area contributed by atoms with E-state index in [0.717, 1.165) is 5.56 Å². The van der Waals surface area contributed by atoms with E-state index in [9.17, 15) is 20.6 Å². The van der Waals surface area contributed by atoms with E-state index in [0.29, 0.717) is 12.1 Å². The van der Waals surface area contributed by atoms with Crippen molar-refractivity contribution in [3.63, 3.8) is 0 Å². The molecule has 0 radical (unpaired) electrons. The highest BCUT2D eigenvalue weighted by Gasteiger charge is 2.52. The molecule has 2 aromatic rings. The van der Waals surface area contributed by atoms with Crippen molar-refractivity contribution in [2.24, 2.45) is 5.41 Å². The van der Waals surface area contributed by atoms with Crippen molar-refractivity contribution in [2.45, 2.75) is 12.0 Å². The van der Waals surface area contributed by atoms with Crippen molar-refractivity contribution in [2.75, 3.05) is 6.54 Å². The van der Waals surface area contributed by atoms with Gasteiger partial charge in [-0.15, -0.1) is 0 Å². The smallest absolute Gasteiger partial charge is 0.269 e. The van der Waals surface area contributed by atoms with Crippen LogP contribution in [-0.4, -0.2) is 11.5 Å². The van der Waals surface area contributed by atoms with Crippen molar-refractivity contribution in [3.8, 4) is 12.1 Å². The topological polar surface area (TPSA) is 103 Å². The Balaban J connectivity index is 2.02. The van der Waals surface area contributed by atoms with E-state index < -0.39 is 16.4 Å². The van der Waals surface area contributed by atoms with Gasteiger partial charge in [0.15, 0.2) is 5.41 Å². The summed E-state index contributed by atoms with van der Waals surface area (Å²) < 4.78 is 0. The van der Waals surface area contributed by atoms with Gasteiger partial charge in [-0.05, 0) is 11.1 Å². The molecule has 1 fully saturated rings. The van der Waals surface area contributed by atoms with Gasteiger partial charge in [-0.1, -0.05) is 42.5 Å². The highest BCUT2D eigenvalue weighted by molar-refractivity contribution is 5.43. The van der Waals surface area contributed by atoms with Crippen LogP contribution in [0.2, 0.25) is 0 Å². The lowest BCUT2D eigenvalue weighted by Crippen LogP contribution is -2.29. The van der Waals surface area contributed by atoms with Gasteiger partial charge >= 0.3 is 0 Å². The quantitative estimate of drug-likeness (QED) is 0.692. The average molecular weight is 318 g/mol. The number of non-ortho nitro benzene ring substituents is 1. The minimum atomic E-state index is -1.27. The highest BCUT2D eigenvalue weighted by atomic mass is 16.6. The third-order valence-corrected chi connectivity index (χ3v) is 4.54. The van der Waals surface area contributed by atoms with Gasteiger partial charge in [0.25, 0.3) is 5.69 Å². The van der Waals surface area contributed by atoms with Crippen molar-refractivity contribution in [1.29, 1.82) is 10.5 Å². The molecule has 1 heterocycles. The van der Waals surface area contributed by atoms with Crippen molar-refractivity contribution in [3.05, 3.63) is 75.8 Å². The maximum atomic E-state index is 10.8. The van der Waals surface area contributed by atoms with Gasteiger partial charge in [-0.3, -0.25) is 10.1 Å². The fraction of sp³-hybridized carbons (Fsp3) is 0.222. The third-order valence-electron chi connectivity index (χ3n) is 4.54. The number of hydrogen-bond acceptors (Lipinski definition) is 5. The number of nitro benzene ring substituents is 1. The molecule has 24 heavy (non-hydrogen) atoms. The molecule has 0 aromatic heterocycles. The van der Waals surface area contributed by atoms with Gasteiger partial charge in [0, 0.05) is 24.6 Å². The normalized spacial score (nSPS) is 21.6. The number of nitriles is 2. The molecule has 2 aromatic carbocycles. The second kappa shape index (κ2) is 6.11. The zero-order valence-electron chi connectivity index (χ0n) is 12.7. The Morgan fingerprint density at radius 2 is 1.67 bits per heavy atom. The van der Waals surface area contributed by atoms with Crippen LogP contribution in [0.5, 0.6) is 0 Å². The molecular formula is C18H14N4O2. The molecule has 6 heteroatoms. The van der Waals surface area contributed by atoms with E-state index in [2.05, 4.69) is 17.5 Å². The first-order valence-corrected chi connectivity index (χ1v) is 7.47. The molecule has 3 rings (SSSR count). The third kappa shape index (κ3) is 2.40. The maximum absolute atomic E-state index is 10.8. The van der Waals surface area contributed by atoms with Gasteiger partial charge in [0.05, 0.1) is 23.1 Å². The van der Waals surface area contributed by atoms with Gasteiger partial charge in [0.1, 0.15) is 0 Å². The van der Waals surface area contributed by atoms with Crippen molar-refractivity contribution >= 4 is 5.69 Å². The molecule has 2 atom stereocenters. The first kappa shape index (κ1) is 15.7. The summed E-state index contributed by atoms with van der Waals surface area (Å²) in [5, 5.41) is 33.6. The highest BCUT2D eigenvalue weighted by Crippen LogP contribution is 2.49. The monoisotopic (exact) mass is 318 g/mol. The first-order valence-electron chi connectivity index (χ1n) is 7.47. The summed E-state index contributed by atoms with van der Waals surface area (Å²) in [4.78, 5) is 10.3. The standard InChI is InChI=1S/C18H14N4O2/c19-11-18(12-20)16(13-4-2-1-3-5-13)10-21-17(18)14-6-8-15(9-7-14)22(23)24/h1-9,16-17,21H,10H2. The molecule has 118 valence electrons. The van der Waals surface area contributed by atoms with Gasteiger partial charge < -0.3 is 5.32 Å². The van der Waals surface area contributed by atoms with Crippen LogP contribution in [0, 0.1) is 38.2 Å². The minimum absolute atomic E-state index is 0.0177. The lowest BCUT2D eigenvalue weighted by molar-refractivity contribution is -0.384. The number of nitrogens with zero attached hydrogens (tertiary/aromatic N) is 3. The van der Waals surface area contributed by atoms with Gasteiger partial charge in [-0.25, -0.2) is 0 Å². The van der Waals surface area contributed by atoms with Gasteiger partial charge in [0.2, 0.25) is 0 Å². The van der Waals surface area contributed by atoms with Crippen LogP contribution in [0.3, 0.4) is 0 Å². The summed E-state index contributed by atoms with van der Waals surface area (Å²) in [6.45, 7) is 0.493. The molecule has 0 spiro atoms. The SMILES string of the molecule is N#CC1(C#N)C(c2ccccc2)CNC1c1ccc([N+](=O)[O-])cc1. The van der Waals surface area contributed by atoms with E-state index in [1.807, 2.05) is 30.3 Å². The van der Waals surface area contributed by atoms with E-state index >= 15 is 0 Å². The lowest BCUT2D eigenvalue weighted by atomic mass is 9.71. The predicted molar refractivity (Wildman–Crippen MR) is 86.7 cm³/mol. The van der Waals surface area contributed by atoms with Crippen LogP contribution in [0.1, 0.15) is 23.1 Å². The Hall–Kier alpha value is -3.22. The Bertz CT molecular complexity index is 820. The predicted octanol–water partition coefficient (Wildman–Crippen LogP) is 3.06. The number of benzene rings is 2. The number of nitro groups is 1. The lowest BCUT2D eigenvalue weighted by Gasteiger charge is -2.26. The first-order chi connectivity index (χ1) is 11.6.